The van der Waals surface area contributed by atoms with E-state index in [0.29, 0.717) is 30.3 Å². The molecule has 11 nitrogen and oxygen atoms in total. The van der Waals surface area contributed by atoms with Gasteiger partial charge in [0, 0.05) is 15.7 Å². The van der Waals surface area contributed by atoms with E-state index in [0.717, 1.165) is 10.0 Å². The summed E-state index contributed by atoms with van der Waals surface area (Å²) in [5.74, 6) is -1.79. The minimum absolute atomic E-state index is 0.188. The number of nitrogens with one attached hydrogen (secondary N) is 3. The maximum Gasteiger partial charge on any atom is 0.417 e. The molecule has 0 saturated carbocycles. The molecule has 1 aliphatic rings. The zero-order valence-electron chi connectivity index (χ0n) is 24.7. The maximum atomic E-state index is 12.9. The molecule has 2 aromatic carbocycles. The smallest absolute Gasteiger partial charge is 0.417 e. The molecule has 4 N–H and O–H groups in total. The van der Waals surface area contributed by atoms with Gasteiger partial charge in [-0.05, 0) is 67.6 Å². The fourth-order valence-electron chi connectivity index (χ4n) is 4.10. The molecule has 0 unspecified atom stereocenters. The highest BCUT2D eigenvalue weighted by Crippen LogP contribution is 2.30. The number of rotatable bonds is 8. The highest BCUT2D eigenvalue weighted by molar-refractivity contribution is 9.10. The molecule has 0 spiro atoms. The van der Waals surface area contributed by atoms with Crippen LogP contribution in [0.5, 0.6) is 0 Å². The number of aliphatic carboxylic acids is 1. The van der Waals surface area contributed by atoms with Gasteiger partial charge in [0.15, 0.2) is 0 Å². The van der Waals surface area contributed by atoms with E-state index in [2.05, 4.69) is 36.9 Å². The fraction of sp³-hybridized carbons (Fsp3) is 0.433. The number of ether oxygens (including phenoxy) is 1. The second-order valence-electron chi connectivity index (χ2n) is 12.0. The van der Waals surface area contributed by atoms with E-state index < -0.39 is 35.5 Å². The van der Waals surface area contributed by atoms with Crippen molar-refractivity contribution in [3.05, 3.63) is 63.6 Å². The van der Waals surface area contributed by atoms with Crippen LogP contribution in [0, 0.1) is 0 Å². The average molecular weight is 645 g/mol. The Morgan fingerprint density at radius 2 is 1.79 bits per heavy atom. The number of anilines is 1. The number of benzene rings is 2. The van der Waals surface area contributed by atoms with Crippen LogP contribution in [-0.2, 0) is 19.7 Å². The second kappa shape index (κ2) is 13.4. The minimum Gasteiger partial charge on any atom is -0.481 e. The highest BCUT2D eigenvalue weighted by atomic mass is 79.9. The zero-order valence-corrected chi connectivity index (χ0v) is 26.3. The molecule has 0 fully saturated rings. The Labute approximate surface area is 254 Å². The standard InChI is InChI=1S/C30H38BrN5O6/c1-29(2,3)20-12-19(13-21(31)15-20)23(16-25(38)39)35-24(37)17-33-26(40)18-8-7-9-22(14-18)34-27-32-10-11-36(27)28(41)42-30(4,5)6/h7-9,12-15,23H,10-11,16-17H2,1-6H3,(H,32,34)(H,33,40)(H,35,37)(H,38,39)/t23-/m0/s1. The lowest BCUT2D eigenvalue weighted by Crippen LogP contribution is -2.41. The van der Waals surface area contributed by atoms with Gasteiger partial charge in [-0.3, -0.25) is 19.4 Å². The molecule has 0 aliphatic carbocycles. The van der Waals surface area contributed by atoms with Crippen LogP contribution in [0.2, 0.25) is 0 Å². The van der Waals surface area contributed by atoms with Gasteiger partial charge in [-0.2, -0.15) is 0 Å². The summed E-state index contributed by atoms with van der Waals surface area (Å²) < 4.78 is 6.21. The molecule has 0 bridgehead atoms. The van der Waals surface area contributed by atoms with Gasteiger partial charge in [-0.25, -0.2) is 9.69 Å². The Morgan fingerprint density at radius 3 is 2.43 bits per heavy atom. The van der Waals surface area contributed by atoms with E-state index >= 15 is 0 Å². The van der Waals surface area contributed by atoms with Gasteiger partial charge in [-0.1, -0.05) is 48.8 Å². The highest BCUT2D eigenvalue weighted by Gasteiger charge is 2.29. The first-order valence-electron chi connectivity index (χ1n) is 13.5. The number of aliphatic imine (C=N–C) groups is 1. The molecule has 226 valence electrons. The number of carbonyl (C=O) groups excluding carboxylic acids is 3. The summed E-state index contributed by atoms with van der Waals surface area (Å²) in [6, 6.07) is 11.4. The monoisotopic (exact) mass is 643 g/mol. The maximum absolute atomic E-state index is 12.9. The van der Waals surface area contributed by atoms with Crippen LogP contribution >= 0.6 is 15.9 Å². The molecule has 3 amide bonds. The number of hydrogen-bond donors (Lipinski definition) is 4. The van der Waals surface area contributed by atoms with Crippen molar-refractivity contribution in [1.29, 1.82) is 0 Å². The van der Waals surface area contributed by atoms with Crippen LogP contribution in [-0.4, -0.2) is 65.1 Å². The molecular formula is C30H38BrN5O6. The van der Waals surface area contributed by atoms with E-state index in [-0.39, 0.29) is 23.9 Å². The Hall–Kier alpha value is -3.93. The molecule has 1 heterocycles. The van der Waals surface area contributed by atoms with Crippen LogP contribution in [0.1, 0.15) is 75.5 Å². The third-order valence-corrected chi connectivity index (χ3v) is 6.61. The third kappa shape index (κ3) is 9.57. The molecule has 3 rings (SSSR count). The van der Waals surface area contributed by atoms with Gasteiger partial charge in [0.1, 0.15) is 5.60 Å². The van der Waals surface area contributed by atoms with E-state index in [1.807, 2.05) is 32.9 Å². The first-order chi connectivity index (χ1) is 19.5. The summed E-state index contributed by atoms with van der Waals surface area (Å²) in [5.41, 5.74) is 1.58. The van der Waals surface area contributed by atoms with Crippen molar-refractivity contribution in [1.82, 2.24) is 15.5 Å². The van der Waals surface area contributed by atoms with E-state index in [1.54, 1.807) is 51.1 Å². The second-order valence-corrected chi connectivity index (χ2v) is 12.9. The van der Waals surface area contributed by atoms with Crippen LogP contribution in [0.15, 0.2) is 51.9 Å². The van der Waals surface area contributed by atoms with Crippen molar-refractivity contribution < 1.29 is 29.0 Å². The number of carboxylic acids is 1. The van der Waals surface area contributed by atoms with Gasteiger partial charge in [0.2, 0.25) is 11.9 Å². The lowest BCUT2D eigenvalue weighted by molar-refractivity contribution is -0.137. The summed E-state index contributed by atoms with van der Waals surface area (Å²) in [5, 5.41) is 17.8. The van der Waals surface area contributed by atoms with Gasteiger partial charge < -0.3 is 25.8 Å². The van der Waals surface area contributed by atoms with Gasteiger partial charge >= 0.3 is 12.1 Å². The third-order valence-electron chi connectivity index (χ3n) is 6.15. The van der Waals surface area contributed by atoms with Crippen LogP contribution in [0.3, 0.4) is 0 Å². The molecule has 0 aromatic heterocycles. The molecule has 1 aliphatic heterocycles. The van der Waals surface area contributed by atoms with E-state index in [9.17, 15) is 24.3 Å². The molecule has 1 atom stereocenters. The number of nitrogens with zero attached hydrogens (tertiary/aromatic N) is 2. The average Bonchev–Trinajstić information content (AvgIpc) is 3.33. The number of halogens is 1. The Balaban J connectivity index is 1.64. The Bertz CT molecular complexity index is 1380. The topological polar surface area (TPSA) is 149 Å². The zero-order chi connectivity index (χ0) is 31.2. The molecule has 12 heteroatoms. The molecule has 0 radical (unpaired) electrons. The molecule has 0 saturated heterocycles. The number of amides is 3. The Morgan fingerprint density at radius 1 is 1.07 bits per heavy atom. The largest absolute Gasteiger partial charge is 0.481 e. The van der Waals surface area contributed by atoms with Gasteiger partial charge in [-0.15, -0.1) is 0 Å². The SMILES string of the molecule is CC(C)(C)OC(=O)N1CCN=C1Nc1cccc(C(=O)NCC(=O)N[C@@H](CC(=O)O)c2cc(Br)cc(C(C)(C)C)c2)c1. The predicted octanol–water partition coefficient (Wildman–Crippen LogP) is 4.83. The number of guanidine groups is 1. The summed E-state index contributed by atoms with van der Waals surface area (Å²) in [7, 11) is 0. The van der Waals surface area contributed by atoms with Gasteiger partial charge in [0.05, 0.1) is 32.1 Å². The Kier molecular flexibility index (Phi) is 10.4. The van der Waals surface area contributed by atoms with Crippen molar-refractivity contribution in [3.8, 4) is 0 Å². The van der Waals surface area contributed by atoms with E-state index in [4.69, 9.17) is 4.74 Å². The molecule has 42 heavy (non-hydrogen) atoms. The van der Waals surface area contributed by atoms with Crippen molar-refractivity contribution in [2.45, 2.75) is 65.0 Å². The predicted molar refractivity (Wildman–Crippen MR) is 164 cm³/mol. The quantitative estimate of drug-likeness (QED) is 0.322. The normalized spacial score (nSPS) is 14.1. The first-order valence-corrected chi connectivity index (χ1v) is 14.3. The van der Waals surface area contributed by atoms with E-state index in [1.165, 1.54) is 4.90 Å². The number of carboxylic acid groups (broad SMARTS) is 1. The minimum atomic E-state index is -1.07. The summed E-state index contributed by atoms with van der Waals surface area (Å²) in [6.07, 6.45) is -0.845. The first kappa shape index (κ1) is 32.6. The van der Waals surface area contributed by atoms with Crippen LogP contribution < -0.4 is 16.0 Å². The van der Waals surface area contributed by atoms with Crippen LogP contribution in [0.25, 0.3) is 0 Å². The van der Waals surface area contributed by atoms with Crippen molar-refractivity contribution in [2.75, 3.05) is 25.0 Å². The van der Waals surface area contributed by atoms with Crippen LogP contribution in [0.4, 0.5) is 10.5 Å². The van der Waals surface area contributed by atoms with Crippen molar-refractivity contribution in [2.24, 2.45) is 4.99 Å². The van der Waals surface area contributed by atoms with Crippen molar-refractivity contribution in [3.63, 3.8) is 0 Å². The summed E-state index contributed by atoms with van der Waals surface area (Å²) in [6.45, 7) is 11.9. The summed E-state index contributed by atoms with van der Waals surface area (Å²) >= 11 is 3.48. The number of hydrogen-bond acceptors (Lipinski definition) is 7. The van der Waals surface area contributed by atoms with Gasteiger partial charge in [0.25, 0.3) is 5.91 Å². The van der Waals surface area contributed by atoms with Crippen molar-refractivity contribution >= 4 is 51.5 Å². The lowest BCUT2D eigenvalue weighted by atomic mass is 9.85. The lowest BCUT2D eigenvalue weighted by Gasteiger charge is -2.25. The molecule has 2 aromatic rings. The summed E-state index contributed by atoms with van der Waals surface area (Å²) in [4.78, 5) is 55.5. The number of carbonyl (C=O) groups is 4. The fourth-order valence-corrected chi connectivity index (χ4v) is 4.61. The molecular weight excluding hydrogens is 606 g/mol.